The first-order valence-corrected chi connectivity index (χ1v) is 12.0. The standard InChI is InChI=1S/C18H22N4O4S2/c23-17-4-3-15(16-2-1-10-27-16)19-22(17)12-18(24)21-8-6-20(7-9-21)14-5-11-28(25,26)13-14/h1-4,10,14H,5-9,11-13H2/t14-/m0/s1. The van der Waals surface area contributed by atoms with Crippen LogP contribution >= 0.6 is 11.3 Å². The zero-order valence-corrected chi connectivity index (χ0v) is 17.0. The van der Waals surface area contributed by atoms with Crippen molar-refractivity contribution in [3.8, 4) is 10.6 Å². The Hall–Kier alpha value is -2.04. The maximum absolute atomic E-state index is 12.7. The molecule has 0 spiro atoms. The molecule has 28 heavy (non-hydrogen) atoms. The number of hydrogen-bond donors (Lipinski definition) is 0. The zero-order valence-electron chi connectivity index (χ0n) is 15.4. The molecular weight excluding hydrogens is 400 g/mol. The summed E-state index contributed by atoms with van der Waals surface area (Å²) >= 11 is 1.53. The van der Waals surface area contributed by atoms with Crippen LogP contribution in [-0.4, -0.2) is 77.6 Å². The largest absolute Gasteiger partial charge is 0.339 e. The topological polar surface area (TPSA) is 92.6 Å². The molecule has 0 aliphatic carbocycles. The summed E-state index contributed by atoms with van der Waals surface area (Å²) in [6.07, 6.45) is 0.672. The minimum atomic E-state index is -2.91. The quantitative estimate of drug-likeness (QED) is 0.704. The molecule has 2 fully saturated rings. The second-order valence-corrected chi connectivity index (χ2v) is 10.3. The van der Waals surface area contributed by atoms with Gasteiger partial charge in [0, 0.05) is 38.3 Å². The van der Waals surface area contributed by atoms with Gasteiger partial charge < -0.3 is 4.90 Å². The Morgan fingerprint density at radius 2 is 1.96 bits per heavy atom. The van der Waals surface area contributed by atoms with Gasteiger partial charge in [0.05, 0.1) is 16.4 Å². The van der Waals surface area contributed by atoms with E-state index in [0.29, 0.717) is 38.3 Å². The van der Waals surface area contributed by atoms with Crippen molar-refractivity contribution in [3.63, 3.8) is 0 Å². The summed E-state index contributed by atoms with van der Waals surface area (Å²) < 4.78 is 24.6. The van der Waals surface area contributed by atoms with Crippen molar-refractivity contribution < 1.29 is 13.2 Å². The zero-order chi connectivity index (χ0) is 19.7. The molecule has 150 valence electrons. The molecule has 1 atom stereocenters. The van der Waals surface area contributed by atoms with E-state index in [1.54, 1.807) is 11.0 Å². The molecule has 4 heterocycles. The predicted molar refractivity (Wildman–Crippen MR) is 107 cm³/mol. The van der Waals surface area contributed by atoms with Gasteiger partial charge in [0.25, 0.3) is 5.56 Å². The lowest BCUT2D eigenvalue weighted by molar-refractivity contribution is -0.134. The van der Waals surface area contributed by atoms with Crippen molar-refractivity contribution in [2.45, 2.75) is 19.0 Å². The molecule has 2 saturated heterocycles. The van der Waals surface area contributed by atoms with Gasteiger partial charge in [-0.3, -0.25) is 14.5 Å². The van der Waals surface area contributed by atoms with Gasteiger partial charge in [-0.25, -0.2) is 13.1 Å². The van der Waals surface area contributed by atoms with Gasteiger partial charge >= 0.3 is 0 Å². The summed E-state index contributed by atoms with van der Waals surface area (Å²) in [4.78, 5) is 29.6. The first kappa shape index (κ1) is 19.3. The molecule has 0 aromatic carbocycles. The maximum atomic E-state index is 12.7. The molecule has 0 saturated carbocycles. The molecule has 2 aromatic rings. The first-order chi connectivity index (χ1) is 13.4. The monoisotopic (exact) mass is 422 g/mol. The Balaban J connectivity index is 1.37. The highest BCUT2D eigenvalue weighted by atomic mass is 32.2. The van der Waals surface area contributed by atoms with Crippen LogP contribution in [0.4, 0.5) is 0 Å². The number of carbonyl (C=O) groups excluding carboxylic acids is 1. The van der Waals surface area contributed by atoms with Crippen molar-refractivity contribution >= 4 is 27.1 Å². The summed E-state index contributed by atoms with van der Waals surface area (Å²) in [6, 6.07) is 7.01. The number of aromatic nitrogens is 2. The third-order valence-electron chi connectivity index (χ3n) is 5.32. The predicted octanol–water partition coefficient (Wildman–Crippen LogP) is 0.303. The molecule has 0 unspecified atom stereocenters. The molecule has 4 rings (SSSR count). The number of rotatable bonds is 4. The van der Waals surface area contributed by atoms with Crippen molar-refractivity contribution in [2.75, 3.05) is 37.7 Å². The molecule has 2 aromatic heterocycles. The van der Waals surface area contributed by atoms with Crippen LogP contribution in [0, 0.1) is 0 Å². The Kier molecular flexibility index (Phi) is 5.35. The van der Waals surface area contributed by atoms with Crippen molar-refractivity contribution in [3.05, 3.63) is 40.0 Å². The number of carbonyl (C=O) groups is 1. The molecule has 2 aliphatic rings. The average molecular weight is 423 g/mol. The lowest BCUT2D eigenvalue weighted by atomic mass is 10.2. The average Bonchev–Trinajstić information content (AvgIpc) is 3.33. The lowest BCUT2D eigenvalue weighted by Crippen LogP contribution is -2.53. The molecule has 8 nitrogen and oxygen atoms in total. The van der Waals surface area contributed by atoms with Crippen LogP contribution in [0.25, 0.3) is 10.6 Å². The van der Waals surface area contributed by atoms with E-state index in [1.807, 2.05) is 17.5 Å². The third-order valence-corrected chi connectivity index (χ3v) is 7.96. The van der Waals surface area contributed by atoms with Crippen molar-refractivity contribution in [1.29, 1.82) is 0 Å². The van der Waals surface area contributed by atoms with Gasteiger partial charge in [-0.2, -0.15) is 5.10 Å². The second-order valence-electron chi connectivity index (χ2n) is 7.17. The fraction of sp³-hybridized carbons (Fsp3) is 0.500. The normalized spacial score (nSPS) is 22.4. The van der Waals surface area contributed by atoms with E-state index in [4.69, 9.17) is 0 Å². The van der Waals surface area contributed by atoms with E-state index >= 15 is 0 Å². The molecule has 0 N–H and O–H groups in total. The minimum absolute atomic E-state index is 0.0639. The highest BCUT2D eigenvalue weighted by molar-refractivity contribution is 7.91. The molecule has 2 aliphatic heterocycles. The van der Waals surface area contributed by atoms with Gasteiger partial charge in [0.1, 0.15) is 12.2 Å². The van der Waals surface area contributed by atoms with Gasteiger partial charge in [-0.1, -0.05) is 6.07 Å². The van der Waals surface area contributed by atoms with E-state index in [9.17, 15) is 18.0 Å². The van der Waals surface area contributed by atoms with E-state index in [0.717, 1.165) is 4.88 Å². The van der Waals surface area contributed by atoms with Crippen LogP contribution in [0.2, 0.25) is 0 Å². The van der Waals surface area contributed by atoms with Crippen LogP contribution in [0.3, 0.4) is 0 Å². The Morgan fingerprint density at radius 3 is 2.61 bits per heavy atom. The van der Waals surface area contributed by atoms with E-state index in [1.165, 1.54) is 22.1 Å². The Bertz CT molecular complexity index is 1010. The summed E-state index contributed by atoms with van der Waals surface area (Å²) in [6.45, 7) is 2.30. The number of amides is 1. The molecule has 10 heteroatoms. The maximum Gasteiger partial charge on any atom is 0.267 e. The SMILES string of the molecule is O=C(Cn1nc(-c2cccs2)ccc1=O)N1CCN([C@H]2CCS(=O)(=O)C2)CC1. The van der Waals surface area contributed by atoms with Crippen LogP contribution < -0.4 is 5.56 Å². The number of hydrogen-bond acceptors (Lipinski definition) is 7. The van der Waals surface area contributed by atoms with Gasteiger partial charge in [0.15, 0.2) is 9.84 Å². The van der Waals surface area contributed by atoms with Crippen molar-refractivity contribution in [2.24, 2.45) is 0 Å². The lowest BCUT2D eigenvalue weighted by Gasteiger charge is -2.37. The van der Waals surface area contributed by atoms with Crippen LogP contribution in [0.5, 0.6) is 0 Å². The second kappa shape index (κ2) is 7.76. The van der Waals surface area contributed by atoms with Crippen LogP contribution in [0.15, 0.2) is 34.4 Å². The minimum Gasteiger partial charge on any atom is -0.339 e. The van der Waals surface area contributed by atoms with Crippen molar-refractivity contribution in [1.82, 2.24) is 19.6 Å². The highest BCUT2D eigenvalue weighted by Gasteiger charge is 2.34. The Labute approximate surface area is 167 Å². The van der Waals surface area contributed by atoms with E-state index < -0.39 is 9.84 Å². The number of nitrogens with zero attached hydrogens (tertiary/aromatic N) is 4. The first-order valence-electron chi connectivity index (χ1n) is 9.25. The summed E-state index contributed by atoms with van der Waals surface area (Å²) in [5.74, 6) is 0.332. The number of thiophene rings is 1. The van der Waals surface area contributed by atoms with Crippen LogP contribution in [0.1, 0.15) is 6.42 Å². The van der Waals surface area contributed by atoms with Gasteiger partial charge in [0.2, 0.25) is 5.91 Å². The smallest absolute Gasteiger partial charge is 0.267 e. The number of sulfone groups is 1. The fourth-order valence-electron chi connectivity index (χ4n) is 3.75. The molecular formula is C18H22N4O4S2. The highest BCUT2D eigenvalue weighted by Crippen LogP contribution is 2.21. The van der Waals surface area contributed by atoms with Crippen LogP contribution in [-0.2, 0) is 21.2 Å². The summed E-state index contributed by atoms with van der Waals surface area (Å²) in [5, 5.41) is 6.27. The Morgan fingerprint density at radius 1 is 1.18 bits per heavy atom. The molecule has 0 radical (unpaired) electrons. The van der Waals surface area contributed by atoms with Gasteiger partial charge in [-0.15, -0.1) is 11.3 Å². The summed E-state index contributed by atoms with van der Waals surface area (Å²) in [7, 11) is -2.91. The molecule has 0 bridgehead atoms. The third kappa shape index (κ3) is 4.18. The molecule has 1 amide bonds. The van der Waals surface area contributed by atoms with E-state index in [-0.39, 0.29) is 35.6 Å². The van der Waals surface area contributed by atoms with E-state index in [2.05, 4.69) is 10.00 Å². The summed E-state index contributed by atoms with van der Waals surface area (Å²) in [5.41, 5.74) is 0.373. The number of piperazine rings is 1. The van der Waals surface area contributed by atoms with Gasteiger partial charge in [-0.05, 0) is 23.9 Å². The fourth-order valence-corrected chi connectivity index (χ4v) is 6.20.